The summed E-state index contributed by atoms with van der Waals surface area (Å²) >= 11 is 0. The Morgan fingerprint density at radius 1 is 1.17 bits per heavy atom. The standard InChI is InChI=1S/C19H32N2O3/c1-13(2)8-9-24-17-7-6-15(11-18(17)23-5)12-21-19(22)16(20)10-14(3)4/h6-7,11,13-14,16H,8-10,12,20H2,1-5H3,(H,21,22)/t16-/m0/s1. The van der Waals surface area contributed by atoms with Gasteiger partial charge in [0, 0.05) is 6.54 Å². The summed E-state index contributed by atoms with van der Waals surface area (Å²) in [4.78, 5) is 12.0. The number of nitrogens with two attached hydrogens (primary N) is 1. The number of nitrogens with one attached hydrogen (secondary N) is 1. The van der Waals surface area contributed by atoms with Crippen LogP contribution in [-0.2, 0) is 11.3 Å². The molecule has 5 nitrogen and oxygen atoms in total. The minimum Gasteiger partial charge on any atom is -0.493 e. The Bertz CT molecular complexity index is 515. The number of ether oxygens (including phenoxy) is 2. The fourth-order valence-corrected chi connectivity index (χ4v) is 2.28. The van der Waals surface area contributed by atoms with Gasteiger partial charge in [-0.05, 0) is 42.4 Å². The number of benzene rings is 1. The molecule has 0 spiro atoms. The quantitative estimate of drug-likeness (QED) is 0.688. The maximum atomic E-state index is 12.0. The van der Waals surface area contributed by atoms with E-state index in [0.717, 1.165) is 17.7 Å². The van der Waals surface area contributed by atoms with Crippen LogP contribution in [0.2, 0.25) is 0 Å². The number of carbonyl (C=O) groups is 1. The van der Waals surface area contributed by atoms with Gasteiger partial charge in [-0.15, -0.1) is 0 Å². The third-order valence-corrected chi connectivity index (χ3v) is 3.71. The van der Waals surface area contributed by atoms with E-state index in [0.29, 0.717) is 37.2 Å². The zero-order chi connectivity index (χ0) is 18.1. The predicted molar refractivity (Wildman–Crippen MR) is 97.2 cm³/mol. The van der Waals surface area contributed by atoms with Crippen LogP contribution in [0.25, 0.3) is 0 Å². The van der Waals surface area contributed by atoms with E-state index < -0.39 is 6.04 Å². The molecule has 0 saturated heterocycles. The van der Waals surface area contributed by atoms with E-state index in [1.54, 1.807) is 7.11 Å². The third-order valence-electron chi connectivity index (χ3n) is 3.71. The molecule has 0 fully saturated rings. The van der Waals surface area contributed by atoms with E-state index >= 15 is 0 Å². The van der Waals surface area contributed by atoms with Crippen molar-refractivity contribution in [3.05, 3.63) is 23.8 Å². The van der Waals surface area contributed by atoms with Gasteiger partial charge in [-0.1, -0.05) is 33.8 Å². The molecule has 0 unspecified atom stereocenters. The normalized spacial score (nSPS) is 12.3. The van der Waals surface area contributed by atoms with Gasteiger partial charge in [0.05, 0.1) is 19.8 Å². The molecule has 1 atom stereocenters. The molecule has 1 aromatic rings. The first-order valence-corrected chi connectivity index (χ1v) is 8.66. The molecule has 0 bridgehead atoms. The van der Waals surface area contributed by atoms with Crippen molar-refractivity contribution in [1.29, 1.82) is 0 Å². The number of methoxy groups -OCH3 is 1. The maximum Gasteiger partial charge on any atom is 0.237 e. The van der Waals surface area contributed by atoms with Gasteiger partial charge in [0.25, 0.3) is 0 Å². The van der Waals surface area contributed by atoms with Gasteiger partial charge in [0.15, 0.2) is 11.5 Å². The Hall–Kier alpha value is -1.75. The second-order valence-corrected chi connectivity index (χ2v) is 6.97. The zero-order valence-corrected chi connectivity index (χ0v) is 15.6. The van der Waals surface area contributed by atoms with Gasteiger partial charge >= 0.3 is 0 Å². The van der Waals surface area contributed by atoms with Gasteiger partial charge in [0.1, 0.15) is 0 Å². The molecule has 5 heteroatoms. The number of rotatable bonds is 10. The Kier molecular flexibility index (Phi) is 8.61. The van der Waals surface area contributed by atoms with Crippen LogP contribution in [0.15, 0.2) is 18.2 Å². The van der Waals surface area contributed by atoms with Crippen LogP contribution in [0.3, 0.4) is 0 Å². The molecule has 0 saturated carbocycles. The lowest BCUT2D eigenvalue weighted by Crippen LogP contribution is -2.41. The van der Waals surface area contributed by atoms with Crippen LogP contribution >= 0.6 is 0 Å². The minimum atomic E-state index is -0.467. The second-order valence-electron chi connectivity index (χ2n) is 6.97. The van der Waals surface area contributed by atoms with E-state index in [4.69, 9.17) is 15.2 Å². The highest BCUT2D eigenvalue weighted by Gasteiger charge is 2.15. The van der Waals surface area contributed by atoms with Crippen LogP contribution in [0.5, 0.6) is 11.5 Å². The fraction of sp³-hybridized carbons (Fsp3) is 0.632. The summed E-state index contributed by atoms with van der Waals surface area (Å²) in [5, 5.41) is 2.87. The van der Waals surface area contributed by atoms with Crippen LogP contribution in [0, 0.1) is 11.8 Å². The zero-order valence-electron chi connectivity index (χ0n) is 15.6. The molecule has 0 aromatic heterocycles. The van der Waals surface area contributed by atoms with E-state index in [2.05, 4.69) is 33.0 Å². The van der Waals surface area contributed by atoms with Crippen molar-refractivity contribution in [3.8, 4) is 11.5 Å². The van der Waals surface area contributed by atoms with E-state index in [9.17, 15) is 4.79 Å². The van der Waals surface area contributed by atoms with Crippen LogP contribution in [0.4, 0.5) is 0 Å². The summed E-state index contributed by atoms with van der Waals surface area (Å²) in [5.74, 6) is 2.27. The maximum absolute atomic E-state index is 12.0. The highest BCUT2D eigenvalue weighted by molar-refractivity contribution is 5.81. The van der Waals surface area contributed by atoms with E-state index in [-0.39, 0.29) is 5.91 Å². The number of carbonyl (C=O) groups excluding carboxylic acids is 1. The monoisotopic (exact) mass is 336 g/mol. The molecular formula is C19H32N2O3. The van der Waals surface area contributed by atoms with Gasteiger partial charge < -0.3 is 20.5 Å². The van der Waals surface area contributed by atoms with Gasteiger partial charge in [0.2, 0.25) is 5.91 Å². The molecule has 1 rings (SSSR count). The topological polar surface area (TPSA) is 73.6 Å². The highest BCUT2D eigenvalue weighted by atomic mass is 16.5. The Morgan fingerprint density at radius 2 is 1.88 bits per heavy atom. The molecular weight excluding hydrogens is 304 g/mol. The Morgan fingerprint density at radius 3 is 2.46 bits per heavy atom. The summed E-state index contributed by atoms with van der Waals surface area (Å²) in [7, 11) is 1.62. The molecule has 0 aliphatic rings. The van der Waals surface area contributed by atoms with Gasteiger partial charge in [-0.25, -0.2) is 0 Å². The molecule has 136 valence electrons. The lowest BCUT2D eigenvalue weighted by molar-refractivity contribution is -0.122. The van der Waals surface area contributed by atoms with Crippen LogP contribution in [0.1, 0.15) is 46.1 Å². The summed E-state index contributed by atoms with van der Waals surface area (Å²) in [6.45, 7) is 9.51. The van der Waals surface area contributed by atoms with Crippen molar-refractivity contribution in [2.45, 2.75) is 53.1 Å². The van der Waals surface area contributed by atoms with E-state index in [1.807, 2.05) is 18.2 Å². The Balaban J connectivity index is 2.59. The third kappa shape index (κ3) is 7.21. The number of hydrogen-bond acceptors (Lipinski definition) is 4. The average molecular weight is 336 g/mol. The first-order chi connectivity index (χ1) is 11.3. The average Bonchev–Trinajstić information content (AvgIpc) is 2.52. The molecule has 0 aliphatic heterocycles. The first kappa shape index (κ1) is 20.3. The highest BCUT2D eigenvalue weighted by Crippen LogP contribution is 2.28. The van der Waals surface area contributed by atoms with Crippen molar-refractivity contribution in [1.82, 2.24) is 5.32 Å². The largest absolute Gasteiger partial charge is 0.493 e. The van der Waals surface area contributed by atoms with Gasteiger partial charge in [-0.2, -0.15) is 0 Å². The number of amides is 1. The molecule has 1 amide bonds. The SMILES string of the molecule is COc1cc(CNC(=O)[C@@H](N)CC(C)C)ccc1OCCC(C)C. The van der Waals surface area contributed by atoms with Crippen molar-refractivity contribution in [2.24, 2.45) is 17.6 Å². The molecule has 1 aromatic carbocycles. The lowest BCUT2D eigenvalue weighted by atomic mass is 10.0. The minimum absolute atomic E-state index is 0.125. The smallest absolute Gasteiger partial charge is 0.237 e. The van der Waals surface area contributed by atoms with E-state index in [1.165, 1.54) is 0 Å². The molecule has 0 heterocycles. The van der Waals surface area contributed by atoms with Crippen molar-refractivity contribution in [2.75, 3.05) is 13.7 Å². The van der Waals surface area contributed by atoms with Gasteiger partial charge in [-0.3, -0.25) is 4.79 Å². The van der Waals surface area contributed by atoms with Crippen LogP contribution in [-0.4, -0.2) is 25.7 Å². The van der Waals surface area contributed by atoms with Crippen molar-refractivity contribution >= 4 is 5.91 Å². The second kappa shape index (κ2) is 10.2. The van der Waals surface area contributed by atoms with Crippen molar-refractivity contribution in [3.63, 3.8) is 0 Å². The molecule has 24 heavy (non-hydrogen) atoms. The molecule has 0 aliphatic carbocycles. The first-order valence-electron chi connectivity index (χ1n) is 8.66. The summed E-state index contributed by atoms with van der Waals surface area (Å²) in [6, 6.07) is 5.24. The fourth-order valence-electron chi connectivity index (χ4n) is 2.28. The molecule has 0 radical (unpaired) electrons. The predicted octanol–water partition coefficient (Wildman–Crippen LogP) is 3.11. The Labute approximate surface area is 145 Å². The summed E-state index contributed by atoms with van der Waals surface area (Å²) < 4.78 is 11.2. The summed E-state index contributed by atoms with van der Waals surface area (Å²) in [6.07, 6.45) is 1.67. The van der Waals surface area contributed by atoms with Crippen LogP contribution < -0.4 is 20.5 Å². The lowest BCUT2D eigenvalue weighted by Gasteiger charge is -2.15. The van der Waals surface area contributed by atoms with Crippen molar-refractivity contribution < 1.29 is 14.3 Å². The molecule has 3 N–H and O–H groups in total. The summed E-state index contributed by atoms with van der Waals surface area (Å²) in [5.41, 5.74) is 6.84. The number of hydrogen-bond donors (Lipinski definition) is 2.